The van der Waals surface area contributed by atoms with Crippen molar-refractivity contribution in [3.05, 3.63) is 106 Å². The van der Waals surface area contributed by atoms with E-state index in [1.165, 1.54) is 31.9 Å². The fourth-order valence-corrected chi connectivity index (χ4v) is 9.29. The van der Waals surface area contributed by atoms with Gasteiger partial charge in [0, 0.05) is 71.6 Å². The predicted octanol–water partition coefficient (Wildman–Crippen LogP) is 7.25. The van der Waals surface area contributed by atoms with Crippen LogP contribution < -0.4 is 30.7 Å². The van der Waals surface area contributed by atoms with E-state index in [2.05, 4.69) is 71.0 Å². The second kappa shape index (κ2) is 17.6. The Morgan fingerprint density at radius 1 is 0.597 bits per heavy atom. The average molecular weight is 900 g/mol. The first kappa shape index (κ1) is 41.7. The Labute approximate surface area is 364 Å². The van der Waals surface area contributed by atoms with E-state index in [0.29, 0.717) is 58.6 Å². The zero-order chi connectivity index (χ0) is 42.8. The Bertz CT molecular complexity index is 2560. The molecule has 18 nitrogen and oxygen atoms in total. The minimum Gasteiger partial charge on any atom is -0.340 e. The minimum absolute atomic E-state index is 0.209. The van der Waals surface area contributed by atoms with Gasteiger partial charge in [-0.05, 0) is 93.7 Å². The molecular formula is C41H47ClN14O4S2. The van der Waals surface area contributed by atoms with Gasteiger partial charge in [0.1, 0.15) is 10.8 Å². The number of benzene rings is 2. The number of rotatable bonds is 18. The van der Waals surface area contributed by atoms with E-state index in [1.807, 2.05) is 67.6 Å². The van der Waals surface area contributed by atoms with Crippen LogP contribution in [0.4, 0.5) is 46.5 Å². The summed E-state index contributed by atoms with van der Waals surface area (Å²) in [6.07, 6.45) is 11.1. The van der Waals surface area contributed by atoms with Gasteiger partial charge in [0.25, 0.3) is 0 Å². The normalized spacial score (nSPS) is 16.3. The van der Waals surface area contributed by atoms with Gasteiger partial charge in [-0.2, -0.15) is 20.2 Å². The van der Waals surface area contributed by atoms with Crippen molar-refractivity contribution in [2.24, 2.45) is 0 Å². The van der Waals surface area contributed by atoms with Gasteiger partial charge in [-0.3, -0.25) is 10.2 Å². The molecule has 324 valence electrons. The van der Waals surface area contributed by atoms with Gasteiger partial charge >= 0.3 is 0 Å². The van der Waals surface area contributed by atoms with Crippen LogP contribution in [0.1, 0.15) is 91.3 Å². The third kappa shape index (κ3) is 11.0. The summed E-state index contributed by atoms with van der Waals surface area (Å²) in [6.45, 7) is 2.51. The molecule has 0 aliphatic heterocycles. The Kier molecular flexibility index (Phi) is 11.8. The topological polar surface area (TPSA) is 249 Å². The Morgan fingerprint density at radius 3 is 1.48 bits per heavy atom. The van der Waals surface area contributed by atoms with Crippen molar-refractivity contribution < 1.29 is 16.8 Å². The molecule has 6 aromatic rings. The van der Waals surface area contributed by atoms with E-state index in [-0.39, 0.29) is 17.0 Å². The maximum absolute atomic E-state index is 12.0. The predicted molar refractivity (Wildman–Crippen MR) is 239 cm³/mol. The Balaban J connectivity index is 0.000000158. The third-order valence-corrected chi connectivity index (χ3v) is 14.8. The van der Waals surface area contributed by atoms with Gasteiger partial charge in [0.15, 0.2) is 17.5 Å². The van der Waals surface area contributed by atoms with Crippen LogP contribution in [0.2, 0.25) is 5.02 Å². The minimum atomic E-state index is -3.19. The first-order chi connectivity index (χ1) is 29.9. The maximum atomic E-state index is 12.0. The molecule has 10 rings (SSSR count). The van der Waals surface area contributed by atoms with Crippen LogP contribution in [0.5, 0.6) is 0 Å². The number of anilines is 8. The molecule has 62 heavy (non-hydrogen) atoms. The molecule has 0 amide bonds. The highest BCUT2D eigenvalue weighted by Crippen LogP contribution is 2.40. The number of hydrogen-bond donors (Lipinski definition) is 8. The lowest BCUT2D eigenvalue weighted by Crippen LogP contribution is -2.26. The standard InChI is InChI=1S/C21H25N7O2S.C20H22ClN7O2S/c1-13-11-22-21(25-19-10-18(27-28-19)15-4-5-15)26-20(13)24-16-6-2-14(3-7-16)12-23-31(29,30)17-8-9-17;21-16-11-22-20(25-18-9-17(27-28-18)13-3-4-13)26-19(16)24-14-5-1-12(2-6-14)10-23-31(29,30)15-7-8-15/h2-3,6-7,10-11,15,17,23H,4-5,8-9,12H2,1H3,(H3,22,24,25,26,27,28);1-2,5-6,9,11,13,15,23H,3-4,7-8,10H2,(H3,22,24,25,26,27,28). The van der Waals surface area contributed by atoms with Gasteiger partial charge in [-0.25, -0.2) is 36.2 Å². The number of nitrogens with zero attached hydrogens (tertiary/aromatic N) is 6. The fraction of sp³-hybridized carbons (Fsp3) is 0.366. The summed E-state index contributed by atoms with van der Waals surface area (Å²) in [4.78, 5) is 17.6. The van der Waals surface area contributed by atoms with Gasteiger partial charge < -0.3 is 21.3 Å². The summed E-state index contributed by atoms with van der Waals surface area (Å²) >= 11 is 6.26. The second-order valence-corrected chi connectivity index (χ2v) is 20.6. The van der Waals surface area contributed by atoms with Crippen molar-refractivity contribution in [3.8, 4) is 0 Å². The molecule has 21 heteroatoms. The monoisotopic (exact) mass is 898 g/mol. The van der Waals surface area contributed by atoms with Crippen LogP contribution in [0.15, 0.2) is 73.1 Å². The van der Waals surface area contributed by atoms with Crippen LogP contribution in [-0.2, 0) is 33.1 Å². The van der Waals surface area contributed by atoms with Crippen molar-refractivity contribution >= 4 is 78.2 Å². The quantitative estimate of drug-likeness (QED) is 0.0423. The number of halogens is 1. The first-order valence-electron chi connectivity index (χ1n) is 20.6. The van der Waals surface area contributed by atoms with Crippen molar-refractivity contribution in [3.63, 3.8) is 0 Å². The van der Waals surface area contributed by atoms with Crippen molar-refractivity contribution in [1.82, 2.24) is 49.8 Å². The van der Waals surface area contributed by atoms with Gasteiger partial charge in [-0.15, -0.1) is 0 Å². The molecule has 4 saturated carbocycles. The summed E-state index contributed by atoms with van der Waals surface area (Å²) in [7, 11) is -6.37. The highest BCUT2D eigenvalue weighted by Gasteiger charge is 2.36. The Morgan fingerprint density at radius 2 is 1.03 bits per heavy atom. The lowest BCUT2D eigenvalue weighted by molar-refractivity contribution is 0.578. The third-order valence-electron chi connectivity index (χ3n) is 10.7. The molecule has 4 aromatic heterocycles. The number of aryl methyl sites for hydroxylation is 1. The highest BCUT2D eigenvalue weighted by molar-refractivity contribution is 7.90. The van der Waals surface area contributed by atoms with Crippen molar-refractivity contribution in [2.45, 2.75) is 93.7 Å². The summed E-state index contributed by atoms with van der Waals surface area (Å²) in [5, 5.41) is 27.3. The van der Waals surface area contributed by atoms with E-state index in [9.17, 15) is 16.8 Å². The van der Waals surface area contributed by atoms with Crippen LogP contribution in [0, 0.1) is 6.92 Å². The van der Waals surface area contributed by atoms with Crippen molar-refractivity contribution in [1.29, 1.82) is 0 Å². The SMILES string of the molecule is Cc1cnc(Nc2cc(C3CC3)[nH]n2)nc1Nc1ccc(CNS(=O)(=O)C2CC2)cc1.O=S(=O)(NCc1ccc(Nc2nc(Nc3cc(C4CC4)[nH]n3)ncc2Cl)cc1)C1CC1. The lowest BCUT2D eigenvalue weighted by Gasteiger charge is -2.11. The largest absolute Gasteiger partial charge is 0.340 e. The van der Waals surface area contributed by atoms with Crippen LogP contribution in [-0.4, -0.2) is 67.7 Å². The Hall–Kier alpha value is -5.67. The molecule has 0 unspecified atom stereocenters. The first-order valence-corrected chi connectivity index (χ1v) is 24.1. The molecule has 2 aromatic carbocycles. The van der Waals surface area contributed by atoms with Gasteiger partial charge in [0.2, 0.25) is 31.9 Å². The molecule has 0 saturated heterocycles. The van der Waals surface area contributed by atoms with E-state index in [0.717, 1.165) is 65.1 Å². The molecular weight excluding hydrogens is 852 g/mol. The lowest BCUT2D eigenvalue weighted by atomic mass is 10.2. The summed E-state index contributed by atoms with van der Waals surface area (Å²) in [6, 6.07) is 19.0. The van der Waals surface area contributed by atoms with Crippen LogP contribution in [0.25, 0.3) is 0 Å². The van der Waals surface area contributed by atoms with Crippen LogP contribution in [0.3, 0.4) is 0 Å². The zero-order valence-corrected chi connectivity index (χ0v) is 36.2. The maximum Gasteiger partial charge on any atom is 0.230 e. The van der Waals surface area contributed by atoms with Gasteiger partial charge in [0.05, 0.1) is 16.7 Å². The number of aromatic amines is 2. The molecule has 4 aliphatic rings. The number of sulfonamides is 2. The van der Waals surface area contributed by atoms with Gasteiger partial charge in [-0.1, -0.05) is 35.9 Å². The number of H-pyrrole nitrogens is 2. The highest BCUT2D eigenvalue weighted by atomic mass is 35.5. The molecule has 8 N–H and O–H groups in total. The average Bonchev–Trinajstić information content (AvgIpc) is 4.06. The smallest absolute Gasteiger partial charge is 0.230 e. The van der Waals surface area contributed by atoms with Crippen molar-refractivity contribution in [2.75, 3.05) is 21.3 Å². The summed E-state index contributed by atoms with van der Waals surface area (Å²) in [5.41, 5.74) is 6.58. The fourth-order valence-electron chi connectivity index (χ4n) is 6.43. The van der Waals surface area contributed by atoms with E-state index in [1.54, 1.807) is 6.20 Å². The molecule has 4 aliphatic carbocycles. The van der Waals surface area contributed by atoms with E-state index < -0.39 is 20.0 Å². The zero-order valence-electron chi connectivity index (χ0n) is 33.8. The molecule has 4 heterocycles. The number of aromatic nitrogens is 8. The second-order valence-electron chi connectivity index (χ2n) is 16.1. The summed E-state index contributed by atoms with van der Waals surface area (Å²) < 4.78 is 53.1. The molecule has 0 atom stereocenters. The summed E-state index contributed by atoms with van der Waals surface area (Å²) in [5.74, 6) is 4.55. The van der Waals surface area contributed by atoms with Crippen LogP contribution >= 0.6 is 11.6 Å². The molecule has 0 spiro atoms. The number of hydrogen-bond acceptors (Lipinski definition) is 14. The molecule has 0 radical (unpaired) electrons. The van der Waals surface area contributed by atoms with E-state index in [4.69, 9.17) is 11.6 Å². The number of nitrogens with one attached hydrogen (secondary N) is 8. The van der Waals surface area contributed by atoms with E-state index >= 15 is 0 Å². The molecule has 4 fully saturated rings. The molecule has 0 bridgehead atoms.